The Bertz CT molecular complexity index is 1250. The number of pyridine rings is 1. The molecular weight excluding hydrogens is 308 g/mol. The van der Waals surface area contributed by atoms with E-state index >= 15 is 0 Å². The second-order valence-electron chi connectivity index (χ2n) is 6.53. The average molecular weight is 328 g/mol. The molecule has 0 spiro atoms. The zero-order valence-electron chi connectivity index (χ0n) is 15.8. The van der Waals surface area contributed by atoms with E-state index in [0.717, 1.165) is 49.9 Å². The van der Waals surface area contributed by atoms with Crippen LogP contribution in [0.25, 0.3) is 38.0 Å². The van der Waals surface area contributed by atoms with Crippen LogP contribution in [0.2, 0.25) is 0 Å². The average Bonchev–Trinajstić information content (AvgIpc) is 2.98. The fourth-order valence-corrected chi connectivity index (χ4v) is 3.43. The van der Waals surface area contributed by atoms with Crippen molar-refractivity contribution < 1.29 is 10.4 Å². The standard InChI is InChI=1S/C22H19N2O/c1-13-10-11-24(5)19(12-13)20-14(2)6-7-17-16-8-9-18(23-4)15(3)21(16)25-22(17)20/h6-12H,1-3,5H3/q+1/i10D. The lowest BCUT2D eigenvalue weighted by atomic mass is 9.99. The van der Waals surface area contributed by atoms with Crippen LogP contribution in [-0.2, 0) is 7.05 Å². The number of hydrogen-bond donors (Lipinski definition) is 0. The molecule has 3 heteroatoms. The normalized spacial score (nSPS) is 11.7. The summed E-state index contributed by atoms with van der Waals surface area (Å²) in [4.78, 5) is 3.59. The summed E-state index contributed by atoms with van der Waals surface area (Å²) >= 11 is 0. The quantitative estimate of drug-likeness (QED) is 0.331. The van der Waals surface area contributed by atoms with Crippen molar-refractivity contribution in [1.82, 2.24) is 0 Å². The van der Waals surface area contributed by atoms with Crippen LogP contribution in [0.15, 0.2) is 47.0 Å². The fourth-order valence-electron chi connectivity index (χ4n) is 3.43. The van der Waals surface area contributed by atoms with Crippen molar-refractivity contribution >= 4 is 27.6 Å². The Morgan fingerprint density at radius 2 is 1.80 bits per heavy atom. The van der Waals surface area contributed by atoms with Crippen LogP contribution >= 0.6 is 0 Å². The van der Waals surface area contributed by atoms with E-state index in [-0.39, 0.29) is 0 Å². The van der Waals surface area contributed by atoms with Gasteiger partial charge in [-0.25, -0.2) is 9.41 Å². The smallest absolute Gasteiger partial charge is 0.216 e. The van der Waals surface area contributed by atoms with E-state index in [1.807, 2.05) is 49.9 Å². The van der Waals surface area contributed by atoms with Gasteiger partial charge in [-0.1, -0.05) is 24.3 Å². The third-order valence-corrected chi connectivity index (χ3v) is 4.83. The molecule has 3 nitrogen and oxygen atoms in total. The number of benzene rings is 2. The summed E-state index contributed by atoms with van der Waals surface area (Å²) in [7, 11) is 1.95. The summed E-state index contributed by atoms with van der Waals surface area (Å²) in [5.41, 5.74) is 7.20. The van der Waals surface area contributed by atoms with Crippen molar-refractivity contribution in [2.24, 2.45) is 7.05 Å². The number of hydrogen-bond acceptors (Lipinski definition) is 1. The monoisotopic (exact) mass is 328 g/mol. The van der Waals surface area contributed by atoms with Gasteiger partial charge >= 0.3 is 0 Å². The molecule has 0 aliphatic carbocycles. The van der Waals surface area contributed by atoms with Crippen molar-refractivity contribution in [2.75, 3.05) is 0 Å². The maximum absolute atomic E-state index is 8.02. The van der Waals surface area contributed by atoms with Crippen LogP contribution in [-0.4, -0.2) is 0 Å². The summed E-state index contributed by atoms with van der Waals surface area (Å²) in [6, 6.07) is 10.6. The molecule has 0 radical (unpaired) electrons. The van der Waals surface area contributed by atoms with Gasteiger partial charge in [0.15, 0.2) is 11.9 Å². The Labute approximate surface area is 148 Å². The highest BCUT2D eigenvalue weighted by Gasteiger charge is 2.21. The summed E-state index contributed by atoms with van der Waals surface area (Å²) in [6.45, 7) is 13.3. The molecule has 0 atom stereocenters. The Hall–Kier alpha value is -3.12. The van der Waals surface area contributed by atoms with Gasteiger partial charge in [-0.05, 0) is 37.5 Å². The predicted molar refractivity (Wildman–Crippen MR) is 101 cm³/mol. The SMILES string of the molecule is [2H]c1c[n+](C)c(-c2c(C)ccc3c2oc2c(C)c([N+]#[C-])ccc23)cc1C. The lowest BCUT2D eigenvalue weighted by Gasteiger charge is -2.06. The minimum Gasteiger partial charge on any atom is -0.456 e. The summed E-state index contributed by atoms with van der Waals surface area (Å²) < 4.78 is 16.3. The molecule has 2 aromatic carbocycles. The molecule has 4 aromatic rings. The zero-order valence-corrected chi connectivity index (χ0v) is 14.8. The number of aromatic nitrogens is 1. The van der Waals surface area contributed by atoms with Crippen LogP contribution in [0, 0.1) is 27.3 Å². The van der Waals surface area contributed by atoms with E-state index in [9.17, 15) is 0 Å². The first-order valence-corrected chi connectivity index (χ1v) is 8.22. The molecule has 0 unspecified atom stereocenters. The van der Waals surface area contributed by atoms with Gasteiger partial charge in [0.25, 0.3) is 0 Å². The number of aryl methyl sites for hydroxylation is 4. The second kappa shape index (κ2) is 5.46. The van der Waals surface area contributed by atoms with Crippen molar-refractivity contribution in [1.29, 1.82) is 0 Å². The topological polar surface area (TPSA) is 21.4 Å². The van der Waals surface area contributed by atoms with Gasteiger partial charge in [0.2, 0.25) is 5.69 Å². The van der Waals surface area contributed by atoms with Gasteiger partial charge < -0.3 is 4.42 Å². The fraction of sp³-hybridized carbons (Fsp3) is 0.182. The molecule has 0 bridgehead atoms. The van der Waals surface area contributed by atoms with Crippen LogP contribution in [0.4, 0.5) is 5.69 Å². The number of fused-ring (bicyclic) bond motifs is 3. The highest BCUT2D eigenvalue weighted by molar-refractivity contribution is 6.11. The minimum absolute atomic E-state index is 0.517. The Morgan fingerprint density at radius 3 is 2.56 bits per heavy atom. The van der Waals surface area contributed by atoms with Crippen molar-refractivity contribution in [3.63, 3.8) is 0 Å². The molecule has 0 amide bonds. The van der Waals surface area contributed by atoms with E-state index in [0.29, 0.717) is 11.7 Å². The molecule has 122 valence electrons. The molecule has 0 fully saturated rings. The molecule has 0 aliphatic heterocycles. The van der Waals surface area contributed by atoms with Crippen LogP contribution in [0.1, 0.15) is 18.1 Å². The third-order valence-electron chi connectivity index (χ3n) is 4.83. The molecule has 0 N–H and O–H groups in total. The van der Waals surface area contributed by atoms with E-state index in [1.165, 1.54) is 0 Å². The van der Waals surface area contributed by atoms with Gasteiger partial charge in [0.05, 0.1) is 13.5 Å². The first-order valence-electron chi connectivity index (χ1n) is 8.72. The number of furan rings is 1. The van der Waals surface area contributed by atoms with Gasteiger partial charge in [0, 0.05) is 22.9 Å². The molecule has 0 aliphatic rings. The Balaban J connectivity index is 2.15. The highest BCUT2D eigenvalue weighted by atomic mass is 16.3. The molecular formula is C22H19N2O+. The minimum atomic E-state index is 0.517. The largest absolute Gasteiger partial charge is 0.456 e. The maximum atomic E-state index is 8.02. The van der Waals surface area contributed by atoms with Gasteiger partial charge in [-0.15, -0.1) is 0 Å². The van der Waals surface area contributed by atoms with Gasteiger partial charge in [-0.2, -0.15) is 0 Å². The molecule has 0 saturated heterocycles. The number of nitrogens with zero attached hydrogens (tertiary/aromatic N) is 2. The van der Waals surface area contributed by atoms with E-state index in [2.05, 4.69) is 23.9 Å². The molecule has 2 aromatic heterocycles. The van der Waals surface area contributed by atoms with Crippen molar-refractivity contribution in [3.05, 3.63) is 70.7 Å². The van der Waals surface area contributed by atoms with Crippen LogP contribution in [0.3, 0.4) is 0 Å². The van der Waals surface area contributed by atoms with E-state index in [4.69, 9.17) is 12.4 Å². The number of rotatable bonds is 1. The molecule has 4 rings (SSSR count). The highest BCUT2D eigenvalue weighted by Crippen LogP contribution is 2.40. The Morgan fingerprint density at radius 1 is 1.08 bits per heavy atom. The van der Waals surface area contributed by atoms with Crippen molar-refractivity contribution in [3.8, 4) is 11.3 Å². The molecule has 0 saturated carbocycles. The van der Waals surface area contributed by atoms with E-state index < -0.39 is 0 Å². The Kier molecular flexibility index (Phi) is 3.11. The molecule has 25 heavy (non-hydrogen) atoms. The zero-order chi connectivity index (χ0) is 18.6. The predicted octanol–water partition coefficient (Wildman–Crippen LogP) is 5.55. The third kappa shape index (κ3) is 2.22. The lowest BCUT2D eigenvalue weighted by molar-refractivity contribution is -0.660. The van der Waals surface area contributed by atoms with Crippen LogP contribution < -0.4 is 4.57 Å². The second-order valence-corrected chi connectivity index (χ2v) is 6.53. The summed E-state index contributed by atoms with van der Waals surface area (Å²) in [5.74, 6) is 0. The summed E-state index contributed by atoms with van der Waals surface area (Å²) in [6.07, 6.45) is 1.83. The summed E-state index contributed by atoms with van der Waals surface area (Å²) in [5, 5.41) is 2.08. The first-order chi connectivity index (χ1) is 12.4. The van der Waals surface area contributed by atoms with Crippen molar-refractivity contribution in [2.45, 2.75) is 20.8 Å². The first kappa shape index (κ1) is 14.2. The van der Waals surface area contributed by atoms with Gasteiger partial charge in [0.1, 0.15) is 18.2 Å². The molecule has 2 heterocycles. The van der Waals surface area contributed by atoms with E-state index in [1.54, 1.807) is 0 Å². The van der Waals surface area contributed by atoms with Gasteiger partial charge in [-0.3, -0.25) is 0 Å². The lowest BCUT2D eigenvalue weighted by Crippen LogP contribution is -2.30. The van der Waals surface area contributed by atoms with Crippen LogP contribution in [0.5, 0.6) is 0 Å². The maximum Gasteiger partial charge on any atom is 0.216 e.